The lowest BCUT2D eigenvalue weighted by molar-refractivity contribution is -0.136. The number of nitrogens with zero attached hydrogens (tertiary/aromatic N) is 1. The van der Waals surface area contributed by atoms with Crippen LogP contribution >= 0.6 is 23.4 Å². The number of sulfonamides is 1. The summed E-state index contributed by atoms with van der Waals surface area (Å²) in [4.78, 5) is 11.8. The zero-order valence-corrected chi connectivity index (χ0v) is 19.3. The van der Waals surface area contributed by atoms with Crippen LogP contribution < -0.4 is 0 Å². The van der Waals surface area contributed by atoms with Crippen molar-refractivity contribution in [2.75, 3.05) is 13.1 Å². The van der Waals surface area contributed by atoms with Crippen LogP contribution in [-0.2, 0) is 21.2 Å². The third kappa shape index (κ3) is 6.63. The maximum atomic E-state index is 13.1. The van der Waals surface area contributed by atoms with Gasteiger partial charge in [0, 0.05) is 23.2 Å². The molecule has 0 heterocycles. The molecule has 9 heteroatoms. The number of phenolic OH excluding ortho intramolecular Hbond substituents is 1. The molecule has 2 rings (SSSR count). The molecule has 2 N–H and O–H groups in total. The number of aliphatic carboxylic acids is 1. The van der Waals surface area contributed by atoms with Gasteiger partial charge in [-0.15, -0.1) is 11.8 Å². The van der Waals surface area contributed by atoms with E-state index in [-0.39, 0.29) is 22.3 Å². The second-order valence-corrected chi connectivity index (χ2v) is 10.5. The van der Waals surface area contributed by atoms with Gasteiger partial charge in [-0.05, 0) is 54.8 Å². The molecular formula is C21H26ClNO5S2. The van der Waals surface area contributed by atoms with Crippen molar-refractivity contribution in [2.45, 2.75) is 48.2 Å². The van der Waals surface area contributed by atoms with Crippen molar-refractivity contribution in [1.29, 1.82) is 0 Å². The van der Waals surface area contributed by atoms with E-state index in [0.29, 0.717) is 30.1 Å². The van der Waals surface area contributed by atoms with Crippen molar-refractivity contribution >= 4 is 39.4 Å². The number of hydrogen-bond acceptors (Lipinski definition) is 5. The van der Waals surface area contributed by atoms with Gasteiger partial charge in [0.15, 0.2) is 0 Å². The number of thioether (sulfide) groups is 1. The van der Waals surface area contributed by atoms with Crippen molar-refractivity contribution in [3.8, 4) is 5.75 Å². The van der Waals surface area contributed by atoms with Gasteiger partial charge in [0.2, 0.25) is 10.0 Å². The number of hydrogen-bond donors (Lipinski definition) is 2. The van der Waals surface area contributed by atoms with Crippen LogP contribution in [0.5, 0.6) is 5.75 Å². The summed E-state index contributed by atoms with van der Waals surface area (Å²) in [7, 11) is -3.70. The smallest absolute Gasteiger partial charge is 0.307 e. The average molecular weight is 472 g/mol. The highest BCUT2D eigenvalue weighted by molar-refractivity contribution is 8.00. The number of halogens is 1. The molecule has 0 aliphatic rings. The molecule has 0 bridgehead atoms. The second kappa shape index (κ2) is 11.0. The van der Waals surface area contributed by atoms with E-state index in [1.54, 1.807) is 18.2 Å². The monoisotopic (exact) mass is 471 g/mol. The van der Waals surface area contributed by atoms with E-state index in [2.05, 4.69) is 0 Å². The van der Waals surface area contributed by atoms with Crippen LogP contribution in [0, 0.1) is 0 Å². The topological polar surface area (TPSA) is 94.9 Å². The summed E-state index contributed by atoms with van der Waals surface area (Å²) in [5.74, 6) is -0.911. The Morgan fingerprint density at radius 2 is 1.83 bits per heavy atom. The van der Waals surface area contributed by atoms with E-state index < -0.39 is 16.0 Å². The number of aromatic hydroxyl groups is 1. The minimum Gasteiger partial charge on any atom is -0.508 e. The fourth-order valence-electron chi connectivity index (χ4n) is 2.91. The summed E-state index contributed by atoms with van der Waals surface area (Å²) >= 11 is 7.83. The van der Waals surface area contributed by atoms with Gasteiger partial charge in [0.25, 0.3) is 0 Å². The molecule has 1 unspecified atom stereocenters. The molecule has 0 fully saturated rings. The van der Waals surface area contributed by atoms with E-state index in [4.69, 9.17) is 16.7 Å². The van der Waals surface area contributed by atoms with E-state index in [1.807, 2.05) is 13.8 Å². The minimum absolute atomic E-state index is 0.0129. The SMILES string of the molecule is CCCN(CC(CC)Sc1ccc(CC(=O)O)cc1Cl)S(=O)(=O)c1ccc(O)cc1. The molecule has 164 valence electrons. The first-order valence-electron chi connectivity index (χ1n) is 9.63. The largest absolute Gasteiger partial charge is 0.508 e. The fraction of sp³-hybridized carbons (Fsp3) is 0.381. The summed E-state index contributed by atoms with van der Waals surface area (Å²) in [6.07, 6.45) is 1.29. The van der Waals surface area contributed by atoms with Crippen molar-refractivity contribution in [2.24, 2.45) is 0 Å². The van der Waals surface area contributed by atoms with Crippen LogP contribution in [0.3, 0.4) is 0 Å². The molecule has 0 aromatic heterocycles. The van der Waals surface area contributed by atoms with Crippen LogP contribution in [0.2, 0.25) is 5.02 Å². The Hall–Kier alpha value is -1.74. The first kappa shape index (κ1) is 24.5. The third-order valence-electron chi connectivity index (χ3n) is 4.46. The molecule has 0 saturated carbocycles. The number of benzene rings is 2. The lowest BCUT2D eigenvalue weighted by Crippen LogP contribution is -2.37. The second-order valence-electron chi connectivity index (χ2n) is 6.84. The molecule has 0 amide bonds. The normalized spacial score (nSPS) is 12.8. The van der Waals surface area contributed by atoms with Crippen LogP contribution in [0.15, 0.2) is 52.3 Å². The molecule has 0 radical (unpaired) electrons. The standard InChI is InChI=1S/C21H26ClNO5S2/c1-3-11-23(30(27,28)18-8-6-16(24)7-9-18)14-17(4-2)29-20-10-5-15(12-19(20)22)13-21(25)26/h5-10,12,17,24H,3-4,11,13-14H2,1-2H3,(H,25,26). The summed E-state index contributed by atoms with van der Waals surface area (Å²) in [6, 6.07) is 10.7. The van der Waals surface area contributed by atoms with Crippen LogP contribution in [-0.4, -0.2) is 47.2 Å². The number of carboxylic acid groups (broad SMARTS) is 1. The molecule has 2 aromatic rings. The Kier molecular flexibility index (Phi) is 9.03. The zero-order valence-electron chi connectivity index (χ0n) is 16.9. The van der Waals surface area contributed by atoms with E-state index in [1.165, 1.54) is 40.3 Å². The quantitative estimate of drug-likeness (QED) is 0.463. The molecule has 30 heavy (non-hydrogen) atoms. The van der Waals surface area contributed by atoms with Gasteiger partial charge in [-0.2, -0.15) is 4.31 Å². The third-order valence-corrected chi connectivity index (χ3v) is 8.19. The highest BCUT2D eigenvalue weighted by Crippen LogP contribution is 2.34. The van der Waals surface area contributed by atoms with Crippen LogP contribution in [0.25, 0.3) is 0 Å². The van der Waals surface area contributed by atoms with Gasteiger partial charge in [0.1, 0.15) is 5.75 Å². The van der Waals surface area contributed by atoms with E-state index >= 15 is 0 Å². The predicted octanol–water partition coefficient (Wildman–Crippen LogP) is 4.64. The molecule has 0 aliphatic carbocycles. The van der Waals surface area contributed by atoms with Gasteiger partial charge >= 0.3 is 5.97 Å². The van der Waals surface area contributed by atoms with Crippen molar-refractivity contribution in [1.82, 2.24) is 4.31 Å². The lowest BCUT2D eigenvalue weighted by atomic mass is 10.1. The molecule has 0 saturated heterocycles. The highest BCUT2D eigenvalue weighted by Gasteiger charge is 2.27. The predicted molar refractivity (Wildman–Crippen MR) is 120 cm³/mol. The van der Waals surface area contributed by atoms with Gasteiger partial charge < -0.3 is 10.2 Å². The Balaban J connectivity index is 2.20. The summed E-state index contributed by atoms with van der Waals surface area (Å²) in [6.45, 7) is 4.60. The van der Waals surface area contributed by atoms with Crippen molar-refractivity contribution < 1.29 is 23.4 Å². The van der Waals surface area contributed by atoms with Gasteiger partial charge in [-0.1, -0.05) is 31.5 Å². The van der Waals surface area contributed by atoms with Crippen molar-refractivity contribution in [3.63, 3.8) is 0 Å². The van der Waals surface area contributed by atoms with Gasteiger partial charge in [-0.25, -0.2) is 8.42 Å². The maximum absolute atomic E-state index is 13.1. The van der Waals surface area contributed by atoms with Crippen molar-refractivity contribution in [3.05, 3.63) is 53.1 Å². The molecule has 0 aliphatic heterocycles. The number of phenols is 1. The summed E-state index contributed by atoms with van der Waals surface area (Å²) < 4.78 is 27.7. The summed E-state index contributed by atoms with van der Waals surface area (Å²) in [5.41, 5.74) is 0.618. The Bertz CT molecular complexity index is 964. The average Bonchev–Trinajstić information content (AvgIpc) is 2.68. The number of carboxylic acids is 1. The molecule has 2 aromatic carbocycles. The van der Waals surface area contributed by atoms with Crippen LogP contribution in [0.4, 0.5) is 0 Å². The fourth-order valence-corrected chi connectivity index (χ4v) is 6.01. The first-order valence-corrected chi connectivity index (χ1v) is 12.3. The Labute approximate surface area is 186 Å². The molecule has 0 spiro atoms. The molecule has 6 nitrogen and oxygen atoms in total. The Morgan fingerprint density at radius 1 is 1.17 bits per heavy atom. The zero-order chi connectivity index (χ0) is 22.3. The van der Waals surface area contributed by atoms with E-state index in [9.17, 15) is 18.3 Å². The summed E-state index contributed by atoms with van der Waals surface area (Å²) in [5, 5.41) is 18.8. The molecular weight excluding hydrogens is 446 g/mol. The Morgan fingerprint density at radius 3 is 2.37 bits per heavy atom. The number of carbonyl (C=O) groups is 1. The van der Waals surface area contributed by atoms with E-state index in [0.717, 1.165) is 11.3 Å². The van der Waals surface area contributed by atoms with Crippen LogP contribution in [0.1, 0.15) is 32.3 Å². The number of rotatable bonds is 11. The van der Waals surface area contributed by atoms with Gasteiger partial charge in [0.05, 0.1) is 16.3 Å². The highest BCUT2D eigenvalue weighted by atomic mass is 35.5. The minimum atomic E-state index is -3.70. The van der Waals surface area contributed by atoms with Gasteiger partial charge in [-0.3, -0.25) is 4.79 Å². The maximum Gasteiger partial charge on any atom is 0.307 e. The lowest BCUT2D eigenvalue weighted by Gasteiger charge is -2.26. The molecule has 1 atom stereocenters. The first-order chi connectivity index (χ1) is 14.2.